The molecule has 3 heteroatoms. The van der Waals surface area contributed by atoms with Crippen molar-refractivity contribution < 1.29 is 14.6 Å². The van der Waals surface area contributed by atoms with Crippen LogP contribution in [0, 0.1) is 0 Å². The maximum absolute atomic E-state index is 10.7. The largest absolute Gasteiger partial charge is 0.491 e. The highest BCUT2D eigenvalue weighted by Crippen LogP contribution is 2.39. The molecule has 106 valence electrons. The van der Waals surface area contributed by atoms with Gasteiger partial charge in [-0.05, 0) is 46.1 Å². The van der Waals surface area contributed by atoms with Crippen LogP contribution in [0.1, 0.15) is 51.7 Å². The first kappa shape index (κ1) is 14.4. The molecule has 0 aromatic heterocycles. The minimum absolute atomic E-state index is 0.0911. The third-order valence-corrected chi connectivity index (χ3v) is 3.65. The lowest BCUT2D eigenvalue weighted by molar-refractivity contribution is -0.139. The molecule has 0 spiro atoms. The molecule has 3 nitrogen and oxygen atoms in total. The molecule has 0 radical (unpaired) electrons. The number of benzene rings is 1. The molecular weight excluding hydrogens is 240 g/mol. The van der Waals surface area contributed by atoms with Crippen LogP contribution >= 0.6 is 0 Å². The predicted molar refractivity (Wildman–Crippen MR) is 75.4 cm³/mol. The van der Waals surface area contributed by atoms with Crippen LogP contribution in [-0.4, -0.2) is 23.4 Å². The minimum Gasteiger partial charge on any atom is -0.491 e. The number of para-hydroxylation sites is 1. The topological polar surface area (TPSA) is 38.7 Å². The Bertz CT molecular complexity index is 408. The van der Waals surface area contributed by atoms with Crippen molar-refractivity contribution >= 4 is 0 Å². The van der Waals surface area contributed by atoms with E-state index in [4.69, 9.17) is 9.47 Å². The van der Waals surface area contributed by atoms with Gasteiger partial charge in [-0.1, -0.05) is 18.2 Å². The van der Waals surface area contributed by atoms with Crippen LogP contribution < -0.4 is 4.74 Å². The van der Waals surface area contributed by atoms with Gasteiger partial charge in [-0.15, -0.1) is 0 Å². The van der Waals surface area contributed by atoms with Gasteiger partial charge in [-0.2, -0.15) is 0 Å². The van der Waals surface area contributed by atoms with E-state index in [1.165, 1.54) is 0 Å². The van der Waals surface area contributed by atoms with E-state index >= 15 is 0 Å². The molecule has 0 saturated carbocycles. The Labute approximate surface area is 115 Å². The first-order valence-corrected chi connectivity index (χ1v) is 7.10. The summed E-state index contributed by atoms with van der Waals surface area (Å²) in [4.78, 5) is 0. The fourth-order valence-corrected chi connectivity index (χ4v) is 2.57. The Balaban J connectivity index is 2.24. The highest BCUT2D eigenvalue weighted by molar-refractivity contribution is 5.36. The van der Waals surface area contributed by atoms with E-state index in [1.54, 1.807) is 0 Å². The van der Waals surface area contributed by atoms with Gasteiger partial charge in [0.2, 0.25) is 0 Å². The van der Waals surface area contributed by atoms with E-state index in [0.717, 1.165) is 37.2 Å². The van der Waals surface area contributed by atoms with Gasteiger partial charge in [-0.3, -0.25) is 0 Å². The molecule has 2 rings (SSSR count). The van der Waals surface area contributed by atoms with Crippen LogP contribution in [-0.2, 0) is 4.74 Å². The summed E-state index contributed by atoms with van der Waals surface area (Å²) in [5.74, 6) is 0.750. The van der Waals surface area contributed by atoms with E-state index in [2.05, 4.69) is 0 Å². The number of rotatable bonds is 4. The van der Waals surface area contributed by atoms with Gasteiger partial charge < -0.3 is 14.6 Å². The van der Waals surface area contributed by atoms with Crippen molar-refractivity contribution in [2.75, 3.05) is 6.61 Å². The quantitative estimate of drug-likeness (QED) is 0.905. The highest BCUT2D eigenvalue weighted by atomic mass is 16.5. The molecule has 1 aromatic rings. The third kappa shape index (κ3) is 3.28. The number of hydrogen-bond acceptors (Lipinski definition) is 3. The predicted octanol–water partition coefficient (Wildman–Crippen LogP) is 3.47. The summed E-state index contributed by atoms with van der Waals surface area (Å²) < 4.78 is 11.6. The van der Waals surface area contributed by atoms with E-state index < -0.39 is 11.7 Å². The molecule has 1 heterocycles. The Morgan fingerprint density at radius 3 is 2.63 bits per heavy atom. The molecule has 0 aliphatic carbocycles. The fraction of sp³-hybridized carbons (Fsp3) is 0.625. The van der Waals surface area contributed by atoms with Gasteiger partial charge in [0.05, 0.1) is 11.7 Å². The van der Waals surface area contributed by atoms with Gasteiger partial charge >= 0.3 is 0 Å². The van der Waals surface area contributed by atoms with Crippen LogP contribution in [0.4, 0.5) is 0 Å². The number of ether oxygens (including phenoxy) is 2. The average Bonchev–Trinajstić information content (AvgIpc) is 2.39. The highest BCUT2D eigenvalue weighted by Gasteiger charge is 2.38. The van der Waals surface area contributed by atoms with Crippen LogP contribution in [0.25, 0.3) is 0 Å². The summed E-state index contributed by atoms with van der Waals surface area (Å²) in [7, 11) is 0. The molecule has 19 heavy (non-hydrogen) atoms. The second-order valence-electron chi connectivity index (χ2n) is 5.73. The standard InChI is InChI=1S/C16H24O3/c1-12(2)19-14-9-5-4-8-13(14)15(17)16(3)10-6-7-11-18-16/h4-5,8-9,12,15,17H,6-7,10-11H2,1-3H3. The second-order valence-corrected chi connectivity index (χ2v) is 5.73. The SMILES string of the molecule is CC(C)Oc1ccccc1C(O)C1(C)CCCCO1. The zero-order chi connectivity index (χ0) is 13.9. The van der Waals surface area contributed by atoms with E-state index in [9.17, 15) is 5.11 Å². The average molecular weight is 264 g/mol. The summed E-state index contributed by atoms with van der Waals surface area (Å²) in [6, 6.07) is 7.69. The van der Waals surface area contributed by atoms with Crippen molar-refractivity contribution in [3.63, 3.8) is 0 Å². The Kier molecular flexibility index (Phi) is 4.48. The Morgan fingerprint density at radius 2 is 2.00 bits per heavy atom. The molecule has 0 amide bonds. The second kappa shape index (κ2) is 5.93. The maximum Gasteiger partial charge on any atom is 0.125 e. The number of aliphatic hydroxyl groups is 1. The van der Waals surface area contributed by atoms with Gasteiger partial charge in [0.25, 0.3) is 0 Å². The zero-order valence-electron chi connectivity index (χ0n) is 12.1. The molecule has 1 aromatic carbocycles. The molecule has 2 unspecified atom stereocenters. The lowest BCUT2D eigenvalue weighted by Gasteiger charge is -2.38. The van der Waals surface area contributed by atoms with Gasteiger partial charge in [0.1, 0.15) is 11.9 Å². The first-order valence-electron chi connectivity index (χ1n) is 7.10. The Morgan fingerprint density at radius 1 is 1.26 bits per heavy atom. The van der Waals surface area contributed by atoms with Gasteiger partial charge in [-0.25, -0.2) is 0 Å². The molecule has 1 saturated heterocycles. The molecular formula is C16H24O3. The normalized spacial score (nSPS) is 25.3. The summed E-state index contributed by atoms with van der Waals surface area (Å²) in [5.41, 5.74) is 0.315. The first-order chi connectivity index (χ1) is 9.03. The summed E-state index contributed by atoms with van der Waals surface area (Å²) in [5, 5.41) is 10.7. The smallest absolute Gasteiger partial charge is 0.125 e. The number of aliphatic hydroxyl groups excluding tert-OH is 1. The third-order valence-electron chi connectivity index (χ3n) is 3.65. The van der Waals surface area contributed by atoms with E-state index in [-0.39, 0.29) is 6.10 Å². The van der Waals surface area contributed by atoms with Gasteiger partial charge in [0, 0.05) is 12.2 Å². The van der Waals surface area contributed by atoms with Crippen molar-refractivity contribution in [2.24, 2.45) is 0 Å². The van der Waals surface area contributed by atoms with Crippen molar-refractivity contribution in [3.8, 4) is 5.75 Å². The fourth-order valence-electron chi connectivity index (χ4n) is 2.57. The van der Waals surface area contributed by atoms with Gasteiger partial charge in [0.15, 0.2) is 0 Å². The zero-order valence-corrected chi connectivity index (χ0v) is 12.1. The van der Waals surface area contributed by atoms with E-state index in [0.29, 0.717) is 0 Å². The molecule has 2 atom stereocenters. The minimum atomic E-state index is -0.650. The van der Waals surface area contributed by atoms with Crippen LogP contribution in [0.3, 0.4) is 0 Å². The maximum atomic E-state index is 10.7. The summed E-state index contributed by atoms with van der Waals surface area (Å²) in [6.45, 7) is 6.69. The lowest BCUT2D eigenvalue weighted by Crippen LogP contribution is -2.39. The van der Waals surface area contributed by atoms with Crippen LogP contribution in [0.5, 0.6) is 5.75 Å². The lowest BCUT2D eigenvalue weighted by atomic mass is 9.86. The summed E-state index contributed by atoms with van der Waals surface area (Å²) in [6.07, 6.45) is 2.49. The molecule has 1 aliphatic heterocycles. The summed E-state index contributed by atoms with van der Waals surface area (Å²) >= 11 is 0. The van der Waals surface area contributed by atoms with Crippen molar-refractivity contribution in [1.29, 1.82) is 0 Å². The molecule has 0 bridgehead atoms. The van der Waals surface area contributed by atoms with Crippen molar-refractivity contribution in [1.82, 2.24) is 0 Å². The van der Waals surface area contributed by atoms with Crippen molar-refractivity contribution in [3.05, 3.63) is 29.8 Å². The van der Waals surface area contributed by atoms with E-state index in [1.807, 2.05) is 45.0 Å². The monoisotopic (exact) mass is 264 g/mol. The van der Waals surface area contributed by atoms with Crippen molar-refractivity contribution in [2.45, 2.75) is 57.8 Å². The molecule has 1 aliphatic rings. The van der Waals surface area contributed by atoms with Crippen LogP contribution in [0.2, 0.25) is 0 Å². The Hall–Kier alpha value is -1.06. The molecule has 1 fully saturated rings. The number of hydrogen-bond donors (Lipinski definition) is 1. The molecule has 1 N–H and O–H groups in total. The van der Waals surface area contributed by atoms with Crippen LogP contribution in [0.15, 0.2) is 24.3 Å².